The number of hydrogen-bond acceptors (Lipinski definition) is 4. The highest BCUT2D eigenvalue weighted by Gasteiger charge is 2.16. The number of aryl methyl sites for hydroxylation is 1. The highest BCUT2D eigenvalue weighted by Crippen LogP contribution is 2.13. The summed E-state index contributed by atoms with van der Waals surface area (Å²) in [7, 11) is 0. The van der Waals surface area contributed by atoms with E-state index in [1.807, 2.05) is 6.92 Å². The Morgan fingerprint density at radius 1 is 1.57 bits per heavy atom. The number of ether oxygens (including phenoxy) is 2. The van der Waals surface area contributed by atoms with Gasteiger partial charge in [0.2, 0.25) is 5.88 Å². The van der Waals surface area contributed by atoms with Crippen molar-refractivity contribution in [2.45, 2.75) is 25.9 Å². The van der Waals surface area contributed by atoms with Gasteiger partial charge >= 0.3 is 0 Å². The van der Waals surface area contributed by atoms with Crippen LogP contribution < -0.4 is 4.74 Å². The largest absolute Gasteiger partial charge is 0.474 e. The van der Waals surface area contributed by atoms with Crippen LogP contribution in [0.15, 0.2) is 12.4 Å². The van der Waals surface area contributed by atoms with Crippen molar-refractivity contribution < 1.29 is 9.47 Å². The van der Waals surface area contributed by atoms with Crippen LogP contribution in [0.2, 0.25) is 0 Å². The predicted octanol–water partition coefficient (Wildman–Crippen LogP) is 1.34. The SMILES string of the molecule is Cc1cncc(OCC2CCCO2)n1. The molecule has 1 aromatic rings. The maximum Gasteiger partial charge on any atom is 0.232 e. The molecule has 2 heterocycles. The molecule has 4 heteroatoms. The molecule has 0 amide bonds. The molecule has 0 N–H and O–H groups in total. The first-order valence-corrected chi connectivity index (χ1v) is 4.87. The van der Waals surface area contributed by atoms with Crippen LogP contribution in [0.25, 0.3) is 0 Å². The molecule has 0 aliphatic carbocycles. The first-order chi connectivity index (χ1) is 6.84. The van der Waals surface area contributed by atoms with E-state index in [0.717, 1.165) is 25.1 Å². The molecule has 1 saturated heterocycles. The summed E-state index contributed by atoms with van der Waals surface area (Å²) in [6, 6.07) is 0. The highest BCUT2D eigenvalue weighted by atomic mass is 16.5. The Morgan fingerprint density at radius 2 is 2.50 bits per heavy atom. The van der Waals surface area contributed by atoms with Gasteiger partial charge < -0.3 is 9.47 Å². The monoisotopic (exact) mass is 194 g/mol. The van der Waals surface area contributed by atoms with E-state index in [4.69, 9.17) is 9.47 Å². The van der Waals surface area contributed by atoms with Crippen molar-refractivity contribution in [3.63, 3.8) is 0 Å². The van der Waals surface area contributed by atoms with Crippen molar-refractivity contribution >= 4 is 0 Å². The van der Waals surface area contributed by atoms with Gasteiger partial charge in [0, 0.05) is 12.8 Å². The standard InChI is InChI=1S/C10H14N2O2/c1-8-5-11-6-10(12-8)14-7-9-3-2-4-13-9/h5-6,9H,2-4,7H2,1H3. The van der Waals surface area contributed by atoms with Crippen molar-refractivity contribution in [2.24, 2.45) is 0 Å². The van der Waals surface area contributed by atoms with E-state index >= 15 is 0 Å². The van der Waals surface area contributed by atoms with E-state index in [1.54, 1.807) is 12.4 Å². The highest BCUT2D eigenvalue weighted by molar-refractivity contribution is 5.06. The topological polar surface area (TPSA) is 44.2 Å². The van der Waals surface area contributed by atoms with Crippen molar-refractivity contribution in [1.82, 2.24) is 9.97 Å². The number of rotatable bonds is 3. The van der Waals surface area contributed by atoms with Gasteiger partial charge in [-0.1, -0.05) is 0 Å². The van der Waals surface area contributed by atoms with Crippen molar-refractivity contribution in [3.05, 3.63) is 18.1 Å². The zero-order chi connectivity index (χ0) is 9.80. The van der Waals surface area contributed by atoms with E-state index in [0.29, 0.717) is 12.5 Å². The minimum atomic E-state index is 0.234. The van der Waals surface area contributed by atoms with Crippen LogP contribution in [-0.2, 0) is 4.74 Å². The van der Waals surface area contributed by atoms with Gasteiger partial charge in [0.1, 0.15) is 6.61 Å². The first kappa shape index (κ1) is 9.40. The molecule has 4 nitrogen and oxygen atoms in total. The van der Waals surface area contributed by atoms with Gasteiger partial charge in [-0.15, -0.1) is 0 Å². The Balaban J connectivity index is 1.85. The van der Waals surface area contributed by atoms with Gasteiger partial charge in [-0.25, -0.2) is 4.98 Å². The van der Waals surface area contributed by atoms with E-state index < -0.39 is 0 Å². The maximum absolute atomic E-state index is 5.47. The normalized spacial score (nSPS) is 21.1. The molecule has 1 atom stereocenters. The summed E-state index contributed by atoms with van der Waals surface area (Å²) in [6.07, 6.45) is 5.78. The zero-order valence-corrected chi connectivity index (χ0v) is 8.27. The summed E-state index contributed by atoms with van der Waals surface area (Å²) in [4.78, 5) is 8.19. The minimum absolute atomic E-state index is 0.234. The van der Waals surface area contributed by atoms with Gasteiger partial charge in [-0.05, 0) is 19.8 Å². The molecule has 1 aliphatic heterocycles. The maximum atomic E-state index is 5.47. The molecule has 14 heavy (non-hydrogen) atoms. The lowest BCUT2D eigenvalue weighted by atomic mass is 10.2. The van der Waals surface area contributed by atoms with Crippen molar-refractivity contribution in [1.29, 1.82) is 0 Å². The van der Waals surface area contributed by atoms with Gasteiger partial charge in [0.25, 0.3) is 0 Å². The summed E-state index contributed by atoms with van der Waals surface area (Å²) in [5.74, 6) is 0.584. The Labute approximate surface area is 83.3 Å². The second-order valence-electron chi connectivity index (χ2n) is 3.44. The van der Waals surface area contributed by atoms with Crippen molar-refractivity contribution in [3.8, 4) is 5.88 Å². The lowest BCUT2D eigenvalue weighted by molar-refractivity contribution is 0.0661. The summed E-state index contributed by atoms with van der Waals surface area (Å²) < 4.78 is 10.9. The molecule has 0 radical (unpaired) electrons. The van der Waals surface area contributed by atoms with E-state index in [1.165, 1.54) is 0 Å². The molecule has 1 unspecified atom stereocenters. The summed E-state index contributed by atoms with van der Waals surface area (Å²) >= 11 is 0. The third-order valence-electron chi connectivity index (χ3n) is 2.17. The molecular weight excluding hydrogens is 180 g/mol. The van der Waals surface area contributed by atoms with Crippen LogP contribution in [0.5, 0.6) is 5.88 Å². The number of hydrogen-bond donors (Lipinski definition) is 0. The van der Waals surface area contributed by atoms with Gasteiger partial charge in [-0.2, -0.15) is 0 Å². The molecule has 0 bridgehead atoms. The fraction of sp³-hybridized carbons (Fsp3) is 0.600. The average molecular weight is 194 g/mol. The molecule has 0 spiro atoms. The molecule has 0 saturated carbocycles. The summed E-state index contributed by atoms with van der Waals surface area (Å²) in [6.45, 7) is 3.33. The van der Waals surface area contributed by atoms with E-state index in [2.05, 4.69) is 9.97 Å². The second kappa shape index (κ2) is 4.37. The Hall–Kier alpha value is -1.16. The van der Waals surface area contributed by atoms with Crippen LogP contribution in [0.1, 0.15) is 18.5 Å². The minimum Gasteiger partial charge on any atom is -0.474 e. The third kappa shape index (κ3) is 2.42. The molecule has 2 rings (SSSR count). The Bertz CT molecular complexity index is 298. The fourth-order valence-corrected chi connectivity index (χ4v) is 1.46. The fourth-order valence-electron chi connectivity index (χ4n) is 1.46. The van der Waals surface area contributed by atoms with Crippen LogP contribution in [0.3, 0.4) is 0 Å². The zero-order valence-electron chi connectivity index (χ0n) is 8.27. The molecular formula is C10H14N2O2. The molecule has 1 aliphatic rings. The third-order valence-corrected chi connectivity index (χ3v) is 2.17. The van der Waals surface area contributed by atoms with Crippen molar-refractivity contribution in [2.75, 3.05) is 13.2 Å². The summed E-state index contributed by atoms with van der Waals surface area (Å²) in [5, 5.41) is 0. The van der Waals surface area contributed by atoms with Crippen LogP contribution >= 0.6 is 0 Å². The van der Waals surface area contributed by atoms with Crippen LogP contribution in [0.4, 0.5) is 0 Å². The van der Waals surface area contributed by atoms with E-state index in [9.17, 15) is 0 Å². The molecule has 76 valence electrons. The quantitative estimate of drug-likeness (QED) is 0.728. The average Bonchev–Trinajstić information content (AvgIpc) is 2.67. The Kier molecular flexibility index (Phi) is 2.93. The smallest absolute Gasteiger partial charge is 0.232 e. The lowest BCUT2D eigenvalue weighted by Crippen LogP contribution is -2.16. The number of aromatic nitrogens is 2. The summed E-state index contributed by atoms with van der Waals surface area (Å²) in [5.41, 5.74) is 0.870. The second-order valence-corrected chi connectivity index (χ2v) is 3.44. The van der Waals surface area contributed by atoms with Gasteiger partial charge in [0.05, 0.1) is 18.0 Å². The molecule has 0 aromatic carbocycles. The molecule has 1 aromatic heterocycles. The van der Waals surface area contributed by atoms with Crippen LogP contribution in [0, 0.1) is 6.92 Å². The number of nitrogens with zero attached hydrogens (tertiary/aromatic N) is 2. The van der Waals surface area contributed by atoms with E-state index in [-0.39, 0.29) is 6.10 Å². The lowest BCUT2D eigenvalue weighted by Gasteiger charge is -2.10. The van der Waals surface area contributed by atoms with Crippen LogP contribution in [-0.4, -0.2) is 29.3 Å². The predicted molar refractivity (Wildman–Crippen MR) is 51.2 cm³/mol. The first-order valence-electron chi connectivity index (χ1n) is 4.87. The Morgan fingerprint density at radius 3 is 3.21 bits per heavy atom. The van der Waals surface area contributed by atoms with Gasteiger partial charge in [-0.3, -0.25) is 4.98 Å². The van der Waals surface area contributed by atoms with Gasteiger partial charge in [0.15, 0.2) is 0 Å². The molecule has 1 fully saturated rings.